The normalized spacial score (nSPS) is 11.5. The number of nitrogens with zero attached hydrogens (tertiary/aromatic N) is 1. The van der Waals surface area contributed by atoms with E-state index < -0.39 is 0 Å². The molecule has 6 nitrogen and oxygen atoms in total. The van der Waals surface area contributed by atoms with Gasteiger partial charge in [0.25, 0.3) is 0 Å². The molecule has 0 N–H and O–H groups in total. The number of fused-ring (bicyclic) bond motifs is 6. The second-order valence-corrected chi connectivity index (χ2v) is 16.3. The number of hydrogen-bond donors (Lipinski definition) is 0. The average Bonchev–Trinajstić information content (AvgIpc) is 3.26. The summed E-state index contributed by atoms with van der Waals surface area (Å²) in [6.07, 6.45) is 24.8. The Balaban J connectivity index is 1.76. The van der Waals surface area contributed by atoms with Crippen molar-refractivity contribution in [2.75, 3.05) is 33.0 Å². The minimum absolute atomic E-state index is 0.654. The van der Waals surface area contributed by atoms with Crippen molar-refractivity contribution in [2.45, 2.75) is 163 Å². The van der Waals surface area contributed by atoms with E-state index in [-0.39, 0.29) is 0 Å². The Hall–Kier alpha value is -4.19. The lowest BCUT2D eigenvalue weighted by Gasteiger charge is -2.21. The van der Waals surface area contributed by atoms with Crippen molar-refractivity contribution in [1.82, 2.24) is 4.98 Å². The topological polar surface area (TPSA) is 59.0 Å². The lowest BCUT2D eigenvalue weighted by atomic mass is 9.89. The van der Waals surface area contributed by atoms with E-state index in [4.69, 9.17) is 28.7 Å². The van der Waals surface area contributed by atoms with Crippen molar-refractivity contribution < 1.29 is 23.7 Å². The van der Waals surface area contributed by atoms with E-state index in [9.17, 15) is 0 Å². The van der Waals surface area contributed by atoms with Crippen LogP contribution in [-0.2, 0) is 0 Å². The summed E-state index contributed by atoms with van der Waals surface area (Å²) < 4.78 is 33.3. The minimum atomic E-state index is 0.654. The highest BCUT2D eigenvalue weighted by Crippen LogP contribution is 2.48. The molecule has 0 saturated carbocycles. The Morgan fingerprint density at radius 1 is 0.373 bits per heavy atom. The van der Waals surface area contributed by atoms with Crippen LogP contribution in [-0.4, -0.2) is 38.0 Å². The first kappa shape index (κ1) is 45.9. The Labute approximate surface area is 356 Å². The predicted molar refractivity (Wildman–Crippen MR) is 250 cm³/mol. The van der Waals surface area contributed by atoms with E-state index in [1.165, 1.54) is 64.2 Å². The third-order valence-electron chi connectivity index (χ3n) is 11.4. The largest absolute Gasteiger partial charge is 0.494 e. The van der Waals surface area contributed by atoms with Gasteiger partial charge >= 0.3 is 0 Å². The third-order valence-corrected chi connectivity index (χ3v) is 11.4. The third kappa shape index (κ3) is 13.7. The van der Waals surface area contributed by atoms with Gasteiger partial charge in [0, 0.05) is 11.8 Å². The van der Waals surface area contributed by atoms with Gasteiger partial charge in [0.05, 0.1) is 38.7 Å². The van der Waals surface area contributed by atoms with Gasteiger partial charge in [-0.2, -0.15) is 0 Å². The van der Waals surface area contributed by atoms with Gasteiger partial charge in [0.15, 0.2) is 23.0 Å². The summed E-state index contributed by atoms with van der Waals surface area (Å²) in [5, 5.41) is 6.64. The van der Waals surface area contributed by atoms with E-state index in [1.807, 2.05) is 12.3 Å². The van der Waals surface area contributed by atoms with Crippen molar-refractivity contribution in [3.05, 3.63) is 60.8 Å². The lowest BCUT2D eigenvalue weighted by molar-refractivity contribution is 0.259. The molecule has 0 aliphatic heterocycles. The summed E-state index contributed by atoms with van der Waals surface area (Å²) in [5.41, 5.74) is 1.95. The summed E-state index contributed by atoms with van der Waals surface area (Å²) in [5.74, 6) is 4.06. The predicted octanol–water partition coefficient (Wildman–Crippen LogP) is 16.0. The highest BCUT2D eigenvalue weighted by atomic mass is 16.5. The molecule has 0 aliphatic rings. The number of ether oxygens (including phenoxy) is 5. The van der Waals surface area contributed by atoms with E-state index >= 15 is 0 Å². The van der Waals surface area contributed by atoms with Gasteiger partial charge < -0.3 is 23.7 Å². The molecule has 0 atom stereocenters. The van der Waals surface area contributed by atoms with Gasteiger partial charge in [-0.25, -0.2) is 0 Å². The van der Waals surface area contributed by atoms with E-state index in [1.54, 1.807) is 0 Å². The quantitative estimate of drug-likeness (QED) is 0.0328. The fourth-order valence-corrected chi connectivity index (χ4v) is 7.93. The SMILES string of the molecule is CCCCCCOc1cc(-c2ccccn2)c2c(c1)c1cc(OCCCCCC)c(OCCCCCC)cc1c1cc(OCCCCCC)c(OCCCCCC)cc12. The number of pyridine rings is 1. The monoisotopic (exact) mass is 806 g/mol. The number of unbranched alkanes of at least 4 members (excludes halogenated alkanes) is 15. The van der Waals surface area contributed by atoms with Gasteiger partial charge in [0.2, 0.25) is 0 Å². The zero-order chi connectivity index (χ0) is 41.5. The fourth-order valence-electron chi connectivity index (χ4n) is 7.93. The van der Waals surface area contributed by atoms with Gasteiger partial charge in [-0.3, -0.25) is 4.98 Å². The van der Waals surface area contributed by atoms with Crippen LogP contribution >= 0.6 is 0 Å². The van der Waals surface area contributed by atoms with Gasteiger partial charge in [-0.05, 0) is 113 Å². The van der Waals surface area contributed by atoms with Crippen LogP contribution in [0.15, 0.2) is 60.8 Å². The Morgan fingerprint density at radius 3 is 1.14 bits per heavy atom. The van der Waals surface area contributed by atoms with Crippen LogP contribution in [0, 0.1) is 0 Å². The average molecular weight is 806 g/mol. The molecule has 1 aromatic heterocycles. The molecule has 1 heterocycles. The molecule has 0 unspecified atom stereocenters. The van der Waals surface area contributed by atoms with Crippen molar-refractivity contribution in [3.8, 4) is 40.0 Å². The van der Waals surface area contributed by atoms with Crippen LogP contribution in [0.5, 0.6) is 28.7 Å². The fraction of sp³-hybridized carbons (Fsp3) is 0.566. The van der Waals surface area contributed by atoms with Crippen molar-refractivity contribution in [2.24, 2.45) is 0 Å². The Morgan fingerprint density at radius 2 is 0.746 bits per heavy atom. The Bertz CT molecular complexity index is 1910. The molecule has 0 bridgehead atoms. The highest BCUT2D eigenvalue weighted by molar-refractivity contribution is 6.29. The van der Waals surface area contributed by atoms with Crippen molar-refractivity contribution in [1.29, 1.82) is 0 Å². The minimum Gasteiger partial charge on any atom is -0.494 e. The molecule has 0 spiro atoms. The second-order valence-electron chi connectivity index (χ2n) is 16.3. The zero-order valence-corrected chi connectivity index (χ0v) is 37.4. The number of aromatic nitrogens is 1. The van der Waals surface area contributed by atoms with Crippen LogP contribution in [0.3, 0.4) is 0 Å². The van der Waals surface area contributed by atoms with E-state index in [2.05, 4.69) is 83.1 Å². The molecule has 0 saturated heterocycles. The van der Waals surface area contributed by atoms with Crippen LogP contribution in [0.25, 0.3) is 43.6 Å². The summed E-state index contributed by atoms with van der Waals surface area (Å²) in [6, 6.07) is 19.5. The smallest absolute Gasteiger partial charge is 0.161 e. The molecular formula is C53H75NO5. The highest BCUT2D eigenvalue weighted by Gasteiger charge is 2.21. The van der Waals surface area contributed by atoms with Gasteiger partial charge in [-0.15, -0.1) is 0 Å². The first-order chi connectivity index (χ1) is 29.1. The zero-order valence-electron chi connectivity index (χ0n) is 37.4. The molecule has 0 radical (unpaired) electrons. The first-order valence-corrected chi connectivity index (χ1v) is 23.7. The summed E-state index contributed by atoms with van der Waals surface area (Å²) >= 11 is 0. The van der Waals surface area contributed by atoms with E-state index in [0.717, 1.165) is 137 Å². The lowest BCUT2D eigenvalue weighted by Crippen LogP contribution is -2.04. The molecule has 0 fully saturated rings. The molecule has 0 amide bonds. The van der Waals surface area contributed by atoms with E-state index in [0.29, 0.717) is 33.0 Å². The second kappa shape index (κ2) is 26.1. The number of hydrogen-bond acceptors (Lipinski definition) is 6. The summed E-state index contributed by atoms with van der Waals surface area (Å²) in [7, 11) is 0. The van der Waals surface area contributed by atoms with Crippen molar-refractivity contribution >= 4 is 32.3 Å². The molecule has 0 aliphatic carbocycles. The van der Waals surface area contributed by atoms with Crippen LogP contribution < -0.4 is 23.7 Å². The number of rotatable bonds is 31. The van der Waals surface area contributed by atoms with Crippen LogP contribution in [0.1, 0.15) is 163 Å². The van der Waals surface area contributed by atoms with Gasteiger partial charge in [0.1, 0.15) is 5.75 Å². The number of benzene rings is 4. The van der Waals surface area contributed by atoms with Crippen LogP contribution in [0.2, 0.25) is 0 Å². The maximum Gasteiger partial charge on any atom is 0.161 e. The molecular weight excluding hydrogens is 731 g/mol. The standard InChI is InChI=1S/C53H75NO5/c1-6-11-16-23-30-55-41-35-45-43-38-50(57-32-25-18-13-8-3)49(56-31-24-17-12-7-2)37-42(43)44-39-51(58-33-26-19-14-9-4)52(59-34-27-20-15-10-5)40-46(44)53(45)47(36-41)48-28-21-22-29-54-48/h21-22,28-29,35-40H,6-20,23-27,30-34H2,1-5H3. The molecule has 5 aromatic rings. The van der Waals surface area contributed by atoms with Crippen molar-refractivity contribution in [3.63, 3.8) is 0 Å². The van der Waals surface area contributed by atoms with Gasteiger partial charge in [-0.1, -0.05) is 137 Å². The molecule has 6 heteroatoms. The summed E-state index contributed by atoms with van der Waals surface area (Å²) in [6.45, 7) is 14.5. The maximum absolute atomic E-state index is 6.68. The molecule has 4 aromatic carbocycles. The Kier molecular flexibility index (Phi) is 20.3. The van der Waals surface area contributed by atoms with Crippen LogP contribution in [0.4, 0.5) is 0 Å². The first-order valence-electron chi connectivity index (χ1n) is 23.7. The molecule has 59 heavy (non-hydrogen) atoms. The molecule has 322 valence electrons. The maximum atomic E-state index is 6.68. The molecule has 5 rings (SSSR count). The summed E-state index contributed by atoms with van der Waals surface area (Å²) in [4.78, 5) is 4.93.